The molecule has 0 fully saturated rings. The first-order valence-electron chi connectivity index (χ1n) is 8.20. The predicted octanol–water partition coefficient (Wildman–Crippen LogP) is 2.00. The van der Waals surface area contributed by atoms with Gasteiger partial charge in [0.2, 0.25) is 0 Å². The molecule has 1 aromatic rings. The molecule has 28 heavy (non-hydrogen) atoms. The van der Waals surface area contributed by atoms with Gasteiger partial charge in [0.05, 0.1) is 6.61 Å². The molecule has 0 N–H and O–H groups in total. The van der Waals surface area contributed by atoms with Crippen molar-refractivity contribution in [1.82, 2.24) is 0 Å². The fourth-order valence-corrected chi connectivity index (χ4v) is 1.78. The number of hydrogen-bond donors (Lipinski definition) is 0. The van der Waals surface area contributed by atoms with Gasteiger partial charge >= 0.3 is 23.9 Å². The second kappa shape index (κ2) is 11.8. The average Bonchev–Trinajstić information content (AvgIpc) is 2.70. The van der Waals surface area contributed by atoms with Crippen LogP contribution in [0.15, 0.2) is 55.1 Å². The molecule has 0 aromatic heterocycles. The fraction of sp³-hybridized carbons (Fsp3) is 0.200. The Bertz CT molecular complexity index is 774. The number of carbonyl (C=O) groups excluding carboxylic acids is 4. The molecule has 0 bridgehead atoms. The van der Waals surface area contributed by atoms with Crippen molar-refractivity contribution in [3.05, 3.63) is 60.7 Å². The highest BCUT2D eigenvalue weighted by molar-refractivity contribution is 6.17. The fourth-order valence-electron chi connectivity index (χ4n) is 1.78. The Morgan fingerprint density at radius 1 is 0.857 bits per heavy atom. The van der Waals surface area contributed by atoms with Crippen LogP contribution in [0.1, 0.15) is 12.5 Å². The maximum Gasteiger partial charge on any atom is 0.345 e. The molecule has 0 atom stereocenters. The van der Waals surface area contributed by atoms with Gasteiger partial charge in [0.1, 0.15) is 24.5 Å². The van der Waals surface area contributed by atoms with Gasteiger partial charge in [-0.05, 0) is 30.7 Å². The Labute approximate surface area is 162 Å². The van der Waals surface area contributed by atoms with E-state index in [9.17, 15) is 19.2 Å². The van der Waals surface area contributed by atoms with E-state index in [0.717, 1.165) is 12.2 Å². The van der Waals surface area contributed by atoms with Gasteiger partial charge in [0, 0.05) is 12.2 Å². The SMILES string of the molecule is C=CC(=O)OCCOC(=O)/C(=C/c1ccc(OC(=O)C=C)cc1)C(=O)OCC. The lowest BCUT2D eigenvalue weighted by molar-refractivity contribution is -0.150. The van der Waals surface area contributed by atoms with Crippen molar-refractivity contribution in [3.63, 3.8) is 0 Å². The number of hydrogen-bond acceptors (Lipinski definition) is 8. The highest BCUT2D eigenvalue weighted by Crippen LogP contribution is 2.16. The summed E-state index contributed by atoms with van der Waals surface area (Å²) in [6, 6.07) is 6.03. The normalized spacial score (nSPS) is 10.4. The first kappa shape index (κ1) is 22.4. The van der Waals surface area contributed by atoms with Crippen molar-refractivity contribution in [2.45, 2.75) is 6.92 Å². The Morgan fingerprint density at radius 3 is 2.00 bits per heavy atom. The summed E-state index contributed by atoms with van der Waals surface area (Å²) in [6.45, 7) is 7.76. The summed E-state index contributed by atoms with van der Waals surface area (Å²) in [5.74, 6) is -2.80. The van der Waals surface area contributed by atoms with E-state index in [1.54, 1.807) is 6.92 Å². The highest BCUT2D eigenvalue weighted by Gasteiger charge is 2.21. The third-order valence-electron chi connectivity index (χ3n) is 3.02. The maximum absolute atomic E-state index is 12.2. The smallest absolute Gasteiger partial charge is 0.345 e. The van der Waals surface area contributed by atoms with Gasteiger partial charge in [0.25, 0.3) is 0 Å². The van der Waals surface area contributed by atoms with E-state index >= 15 is 0 Å². The topological polar surface area (TPSA) is 105 Å². The summed E-state index contributed by atoms with van der Waals surface area (Å²) in [5, 5.41) is 0. The van der Waals surface area contributed by atoms with E-state index in [-0.39, 0.29) is 31.1 Å². The molecule has 0 heterocycles. The number of esters is 4. The Balaban J connectivity index is 2.87. The molecule has 1 aromatic carbocycles. The molecule has 0 saturated carbocycles. The number of ether oxygens (including phenoxy) is 4. The van der Waals surface area contributed by atoms with Crippen LogP contribution in [0.4, 0.5) is 0 Å². The quantitative estimate of drug-likeness (QED) is 0.114. The maximum atomic E-state index is 12.2. The third kappa shape index (κ3) is 7.69. The van der Waals surface area contributed by atoms with E-state index in [1.165, 1.54) is 30.3 Å². The molecule has 8 nitrogen and oxygen atoms in total. The zero-order valence-electron chi connectivity index (χ0n) is 15.3. The van der Waals surface area contributed by atoms with Crippen LogP contribution < -0.4 is 4.74 Å². The minimum Gasteiger partial charge on any atom is -0.462 e. The summed E-state index contributed by atoms with van der Waals surface area (Å²) in [5.41, 5.74) is 0.129. The van der Waals surface area contributed by atoms with Crippen LogP contribution in [0.25, 0.3) is 6.08 Å². The van der Waals surface area contributed by atoms with Gasteiger partial charge in [-0.2, -0.15) is 0 Å². The van der Waals surface area contributed by atoms with Crippen molar-refractivity contribution < 1.29 is 38.1 Å². The lowest BCUT2D eigenvalue weighted by Gasteiger charge is -2.08. The van der Waals surface area contributed by atoms with Gasteiger partial charge in [-0.1, -0.05) is 25.3 Å². The average molecular weight is 388 g/mol. The Morgan fingerprint density at radius 2 is 1.43 bits per heavy atom. The van der Waals surface area contributed by atoms with Crippen LogP contribution in [0.2, 0.25) is 0 Å². The zero-order chi connectivity index (χ0) is 20.9. The summed E-state index contributed by atoms with van der Waals surface area (Å²) >= 11 is 0. The monoisotopic (exact) mass is 388 g/mol. The predicted molar refractivity (Wildman–Crippen MR) is 99.0 cm³/mol. The Kier molecular flexibility index (Phi) is 9.46. The Hall–Kier alpha value is -3.68. The molecule has 0 saturated heterocycles. The van der Waals surface area contributed by atoms with Crippen LogP contribution in [-0.2, 0) is 33.4 Å². The summed E-state index contributed by atoms with van der Waals surface area (Å²) in [7, 11) is 0. The largest absolute Gasteiger partial charge is 0.462 e. The minimum absolute atomic E-state index is 0.0663. The van der Waals surface area contributed by atoms with Crippen molar-refractivity contribution >= 4 is 30.0 Å². The third-order valence-corrected chi connectivity index (χ3v) is 3.02. The van der Waals surface area contributed by atoms with Crippen molar-refractivity contribution in [1.29, 1.82) is 0 Å². The number of benzene rings is 1. The molecule has 0 amide bonds. The van der Waals surface area contributed by atoms with Gasteiger partial charge in [-0.25, -0.2) is 19.2 Å². The number of rotatable bonds is 10. The zero-order valence-corrected chi connectivity index (χ0v) is 15.3. The molecule has 8 heteroatoms. The number of carbonyl (C=O) groups is 4. The molecule has 1 rings (SSSR count). The van der Waals surface area contributed by atoms with E-state index in [0.29, 0.717) is 5.56 Å². The van der Waals surface area contributed by atoms with E-state index in [4.69, 9.17) is 14.2 Å². The van der Waals surface area contributed by atoms with Crippen LogP contribution in [-0.4, -0.2) is 43.7 Å². The minimum atomic E-state index is -0.935. The van der Waals surface area contributed by atoms with Crippen LogP contribution in [0.5, 0.6) is 5.75 Å². The van der Waals surface area contributed by atoms with Gasteiger partial charge in [-0.3, -0.25) is 0 Å². The molecule has 0 radical (unpaired) electrons. The summed E-state index contributed by atoms with van der Waals surface area (Å²) in [4.78, 5) is 46.4. The van der Waals surface area contributed by atoms with Crippen molar-refractivity contribution in [2.75, 3.05) is 19.8 Å². The van der Waals surface area contributed by atoms with E-state index in [1.807, 2.05) is 0 Å². The van der Waals surface area contributed by atoms with E-state index in [2.05, 4.69) is 17.9 Å². The van der Waals surface area contributed by atoms with Gasteiger partial charge in [-0.15, -0.1) is 0 Å². The van der Waals surface area contributed by atoms with Crippen LogP contribution >= 0.6 is 0 Å². The lowest BCUT2D eigenvalue weighted by Crippen LogP contribution is -2.20. The van der Waals surface area contributed by atoms with Crippen molar-refractivity contribution in [3.8, 4) is 5.75 Å². The molecular weight excluding hydrogens is 368 g/mol. The second-order valence-electron chi connectivity index (χ2n) is 4.98. The molecule has 0 unspecified atom stereocenters. The molecule has 0 aliphatic heterocycles. The molecule has 0 aliphatic rings. The van der Waals surface area contributed by atoms with Gasteiger partial charge in [0.15, 0.2) is 0 Å². The molecule has 148 valence electrons. The summed E-state index contributed by atoms with van der Waals surface area (Å²) in [6.07, 6.45) is 3.27. The highest BCUT2D eigenvalue weighted by atomic mass is 16.6. The van der Waals surface area contributed by atoms with Gasteiger partial charge < -0.3 is 18.9 Å². The molecule has 0 spiro atoms. The lowest BCUT2D eigenvalue weighted by atomic mass is 10.1. The second-order valence-corrected chi connectivity index (χ2v) is 4.98. The standard InChI is InChI=1S/C20H20O8/c1-4-17(21)26-11-12-27-20(24)16(19(23)25-6-3)13-14-7-9-15(10-8-14)28-18(22)5-2/h4-5,7-10,13H,1-2,6,11-12H2,3H3/b16-13+. The van der Waals surface area contributed by atoms with Crippen LogP contribution in [0.3, 0.4) is 0 Å². The summed E-state index contributed by atoms with van der Waals surface area (Å²) < 4.78 is 19.4. The van der Waals surface area contributed by atoms with Crippen molar-refractivity contribution in [2.24, 2.45) is 0 Å². The first-order valence-corrected chi connectivity index (χ1v) is 8.20. The molecule has 0 aliphatic carbocycles. The van der Waals surface area contributed by atoms with Crippen LogP contribution in [0, 0.1) is 0 Å². The van der Waals surface area contributed by atoms with E-state index < -0.39 is 23.9 Å². The first-order chi connectivity index (χ1) is 13.4. The molecular formula is C20H20O8.